The van der Waals surface area contributed by atoms with Crippen LogP contribution in [0.5, 0.6) is 0 Å². The number of nitrogens with one attached hydrogen (secondary N) is 1. The lowest BCUT2D eigenvalue weighted by Gasteiger charge is -2.16. The van der Waals surface area contributed by atoms with Crippen molar-refractivity contribution < 1.29 is 48.1 Å². The summed E-state index contributed by atoms with van der Waals surface area (Å²) in [7, 11) is 1.63. The second-order valence-electron chi connectivity index (χ2n) is 9.57. The van der Waals surface area contributed by atoms with Crippen LogP contribution in [0.2, 0.25) is 0 Å². The summed E-state index contributed by atoms with van der Waals surface area (Å²) < 4.78 is 14.7. The Morgan fingerprint density at radius 3 is 1.45 bits per heavy atom. The third-order valence-corrected chi connectivity index (χ3v) is 6.05. The molecule has 2 N–H and O–H groups in total. The number of aromatic carboxylic acids is 1. The molecule has 0 bridgehead atoms. The van der Waals surface area contributed by atoms with Gasteiger partial charge in [-0.1, -0.05) is 13.8 Å². The molecule has 0 heterocycles. The average molecular weight is 615 g/mol. The minimum Gasteiger partial charge on any atom is -0.478 e. The van der Waals surface area contributed by atoms with Gasteiger partial charge in [-0.15, -0.1) is 0 Å². The summed E-state index contributed by atoms with van der Waals surface area (Å²) in [5.74, 6) is -3.70. The van der Waals surface area contributed by atoms with Gasteiger partial charge in [0.1, 0.15) is 0 Å². The highest BCUT2D eigenvalue weighted by molar-refractivity contribution is 6.03. The Morgan fingerprint density at radius 2 is 1.07 bits per heavy atom. The molecule has 2 rings (SSSR count). The van der Waals surface area contributed by atoms with E-state index in [1.165, 1.54) is 41.3 Å². The summed E-state index contributed by atoms with van der Waals surface area (Å²) in [5.41, 5.74) is 0.616. The van der Waals surface area contributed by atoms with Gasteiger partial charge >= 0.3 is 23.9 Å². The van der Waals surface area contributed by atoms with Crippen LogP contribution in [0.25, 0.3) is 0 Å². The van der Waals surface area contributed by atoms with Crippen LogP contribution in [0.4, 0.5) is 0 Å². The Labute approximate surface area is 257 Å². The quantitative estimate of drug-likeness (QED) is 0.240. The normalized spacial score (nSPS) is 10.8. The average Bonchev–Trinajstić information content (AvgIpc) is 3.00. The lowest BCUT2D eigenvalue weighted by atomic mass is 10.0. The number of esters is 3. The lowest BCUT2D eigenvalue weighted by molar-refractivity contribution is 0.0511. The zero-order valence-electron chi connectivity index (χ0n) is 26.4. The number of nitrogens with zero attached hydrogens (tertiary/aromatic N) is 1. The van der Waals surface area contributed by atoms with Gasteiger partial charge in [-0.3, -0.25) is 9.59 Å². The molecule has 2 aromatic rings. The van der Waals surface area contributed by atoms with Gasteiger partial charge in [0.15, 0.2) is 0 Å². The van der Waals surface area contributed by atoms with Crippen molar-refractivity contribution in [2.75, 3.05) is 33.4 Å². The predicted molar refractivity (Wildman–Crippen MR) is 162 cm³/mol. The zero-order valence-corrected chi connectivity index (χ0v) is 26.4. The van der Waals surface area contributed by atoms with E-state index in [4.69, 9.17) is 19.3 Å². The number of benzene rings is 2. The fraction of sp³-hybridized carbons (Fsp3) is 0.438. The third-order valence-electron chi connectivity index (χ3n) is 6.05. The Hall–Kier alpha value is -4.74. The van der Waals surface area contributed by atoms with Gasteiger partial charge in [-0.25, -0.2) is 19.2 Å². The third kappa shape index (κ3) is 11.5. The molecule has 0 aliphatic rings. The maximum absolute atomic E-state index is 12.3. The molecule has 0 radical (unpaired) electrons. The van der Waals surface area contributed by atoms with Gasteiger partial charge in [0.25, 0.3) is 11.8 Å². The monoisotopic (exact) mass is 614 g/mol. The van der Waals surface area contributed by atoms with E-state index in [2.05, 4.69) is 5.32 Å². The molecule has 0 aliphatic carbocycles. The number of amides is 2. The molecule has 1 atom stereocenters. The summed E-state index contributed by atoms with van der Waals surface area (Å²) in [6, 6.07) is 8.02. The highest BCUT2D eigenvalue weighted by Gasteiger charge is 2.20. The van der Waals surface area contributed by atoms with Crippen LogP contribution in [-0.2, 0) is 14.2 Å². The van der Waals surface area contributed by atoms with Crippen LogP contribution < -0.4 is 5.32 Å². The highest BCUT2D eigenvalue weighted by atomic mass is 16.5. The summed E-state index contributed by atoms with van der Waals surface area (Å²) in [6.07, 6.45) is 1.56. The van der Waals surface area contributed by atoms with Crippen molar-refractivity contribution in [3.8, 4) is 0 Å². The van der Waals surface area contributed by atoms with E-state index in [0.29, 0.717) is 6.54 Å². The molecule has 0 aromatic heterocycles. The van der Waals surface area contributed by atoms with Gasteiger partial charge < -0.3 is 29.5 Å². The largest absolute Gasteiger partial charge is 0.478 e. The van der Waals surface area contributed by atoms with E-state index in [1.54, 1.807) is 27.8 Å². The van der Waals surface area contributed by atoms with Crippen LogP contribution in [0.15, 0.2) is 36.4 Å². The number of rotatable bonds is 13. The Morgan fingerprint density at radius 1 is 0.682 bits per heavy atom. The first-order chi connectivity index (χ1) is 20.8. The van der Waals surface area contributed by atoms with Crippen LogP contribution in [0, 0.1) is 0 Å². The van der Waals surface area contributed by atoms with Crippen molar-refractivity contribution in [2.24, 2.45) is 0 Å². The molecule has 2 amide bonds. The second-order valence-corrected chi connectivity index (χ2v) is 9.57. The molecular formula is C32H42N2O10. The van der Waals surface area contributed by atoms with Gasteiger partial charge in [0.05, 0.1) is 42.1 Å². The van der Waals surface area contributed by atoms with Gasteiger partial charge in [-0.05, 0) is 76.9 Å². The second kappa shape index (κ2) is 18.7. The van der Waals surface area contributed by atoms with E-state index in [1.807, 2.05) is 20.8 Å². The SMILES string of the molecule is CCCN(C)C(=O)c1cc(C(=O)O)cc(C(=O)OCC)c1.CCOC(=O)c1cc(C(=O)NC(C)CC)cc(C(=O)OCC)c1. The maximum atomic E-state index is 12.3. The number of carboxylic acid groups (broad SMARTS) is 1. The molecule has 0 saturated carbocycles. The molecule has 12 heteroatoms. The fourth-order valence-corrected chi connectivity index (χ4v) is 3.70. The lowest BCUT2D eigenvalue weighted by Crippen LogP contribution is -2.32. The summed E-state index contributed by atoms with van der Waals surface area (Å²) in [5, 5.41) is 11.9. The standard InChI is InChI=1S/C17H23NO5.C15H19NO5/c1-5-11(4)18-15(19)12-8-13(16(20)22-6-2)10-14(9-12)17(21)23-7-3;1-4-6-16(3)13(17)10-7-11(14(18)19)9-12(8-10)15(20)21-5-2/h8-11H,5-7H2,1-4H3,(H,18,19);7-9H,4-6H2,1-3H3,(H,18,19). The van der Waals surface area contributed by atoms with Gasteiger partial charge in [0.2, 0.25) is 0 Å². The van der Waals surface area contributed by atoms with Crippen molar-refractivity contribution in [3.05, 3.63) is 69.8 Å². The molecule has 2 aromatic carbocycles. The van der Waals surface area contributed by atoms with E-state index >= 15 is 0 Å². The number of hydrogen-bond acceptors (Lipinski definition) is 9. The first kappa shape index (κ1) is 37.3. The van der Waals surface area contributed by atoms with E-state index < -0.39 is 23.9 Å². The molecule has 0 saturated heterocycles. The van der Waals surface area contributed by atoms with E-state index in [9.17, 15) is 28.8 Å². The molecule has 0 fully saturated rings. The van der Waals surface area contributed by atoms with Crippen molar-refractivity contribution in [1.82, 2.24) is 10.2 Å². The zero-order chi connectivity index (χ0) is 33.4. The molecule has 240 valence electrons. The van der Waals surface area contributed by atoms with E-state index in [-0.39, 0.29) is 71.1 Å². The van der Waals surface area contributed by atoms with Crippen molar-refractivity contribution in [3.63, 3.8) is 0 Å². The fourth-order valence-electron chi connectivity index (χ4n) is 3.70. The number of ether oxygens (including phenoxy) is 3. The smallest absolute Gasteiger partial charge is 0.338 e. The van der Waals surface area contributed by atoms with Crippen LogP contribution in [-0.4, -0.2) is 85.2 Å². The van der Waals surface area contributed by atoms with Gasteiger partial charge in [-0.2, -0.15) is 0 Å². The summed E-state index contributed by atoms with van der Waals surface area (Å²) in [4.78, 5) is 72.7. The number of carbonyl (C=O) groups is 6. The maximum Gasteiger partial charge on any atom is 0.338 e. The van der Waals surface area contributed by atoms with E-state index in [0.717, 1.165) is 12.8 Å². The van der Waals surface area contributed by atoms with Crippen LogP contribution in [0.1, 0.15) is 117 Å². The van der Waals surface area contributed by atoms with Crippen LogP contribution >= 0.6 is 0 Å². The van der Waals surface area contributed by atoms with Gasteiger partial charge in [0, 0.05) is 30.8 Å². The minimum absolute atomic E-state index is 0.0141. The number of carbonyl (C=O) groups excluding carboxylic acids is 5. The van der Waals surface area contributed by atoms with Crippen molar-refractivity contribution in [1.29, 1.82) is 0 Å². The Bertz CT molecular complexity index is 1300. The molecule has 0 aliphatic heterocycles. The summed E-state index contributed by atoms with van der Waals surface area (Å²) in [6.45, 7) is 11.9. The molecular weight excluding hydrogens is 572 g/mol. The minimum atomic E-state index is -1.20. The number of carboxylic acids is 1. The highest BCUT2D eigenvalue weighted by Crippen LogP contribution is 2.15. The van der Waals surface area contributed by atoms with Crippen molar-refractivity contribution >= 4 is 35.7 Å². The topological polar surface area (TPSA) is 166 Å². The molecule has 44 heavy (non-hydrogen) atoms. The van der Waals surface area contributed by atoms with Crippen molar-refractivity contribution in [2.45, 2.75) is 60.4 Å². The Kier molecular flexibility index (Phi) is 15.9. The first-order valence-corrected chi connectivity index (χ1v) is 14.4. The molecule has 0 spiro atoms. The Balaban J connectivity index is 0.000000442. The molecule has 12 nitrogen and oxygen atoms in total. The number of hydrogen-bond donors (Lipinski definition) is 2. The summed E-state index contributed by atoms with van der Waals surface area (Å²) >= 11 is 0. The first-order valence-electron chi connectivity index (χ1n) is 14.4. The van der Waals surface area contributed by atoms with Crippen LogP contribution in [0.3, 0.4) is 0 Å². The molecule has 1 unspecified atom stereocenters. The predicted octanol–water partition coefficient (Wildman–Crippen LogP) is 4.61.